The van der Waals surface area contributed by atoms with E-state index < -0.39 is 85.2 Å². The van der Waals surface area contributed by atoms with Crippen molar-refractivity contribution >= 4 is 46.5 Å². The number of para-hydroxylation sites is 1. The topological polar surface area (TPSA) is 261 Å². The number of aromatic amines is 1. The number of carboxylic acids is 3. The molecule has 0 saturated heterocycles. The van der Waals surface area contributed by atoms with Gasteiger partial charge in [-0.25, -0.2) is 4.79 Å². The Morgan fingerprint density at radius 3 is 2.05 bits per heavy atom. The minimum absolute atomic E-state index is 0.114. The number of fused-ring (bicyclic) bond motifs is 1. The van der Waals surface area contributed by atoms with Crippen LogP contribution in [0.5, 0.6) is 0 Å². The van der Waals surface area contributed by atoms with Gasteiger partial charge in [0, 0.05) is 36.4 Å². The first-order valence-corrected chi connectivity index (χ1v) is 12.4. The molecule has 40 heavy (non-hydrogen) atoms. The average Bonchev–Trinajstić information content (AvgIpc) is 3.29. The zero-order valence-electron chi connectivity index (χ0n) is 21.6. The summed E-state index contributed by atoms with van der Waals surface area (Å²) < 4.78 is 0. The molecule has 1 heterocycles. The van der Waals surface area contributed by atoms with Gasteiger partial charge < -0.3 is 47.1 Å². The Hall–Kier alpha value is -4.50. The van der Waals surface area contributed by atoms with E-state index in [1.165, 1.54) is 6.92 Å². The van der Waals surface area contributed by atoms with Gasteiger partial charge in [0.25, 0.3) is 0 Å². The van der Waals surface area contributed by atoms with Crippen LogP contribution in [0.1, 0.15) is 38.2 Å². The predicted octanol–water partition coefficient (Wildman–Crippen LogP) is -1.31. The molecule has 1 aromatic heterocycles. The van der Waals surface area contributed by atoms with Crippen molar-refractivity contribution in [3.63, 3.8) is 0 Å². The van der Waals surface area contributed by atoms with Gasteiger partial charge >= 0.3 is 17.9 Å². The lowest BCUT2D eigenvalue weighted by Crippen LogP contribution is -2.60. The molecule has 3 amide bonds. The fourth-order valence-corrected chi connectivity index (χ4v) is 3.87. The molecule has 15 nitrogen and oxygen atoms in total. The molecular weight excluding hydrogens is 530 g/mol. The van der Waals surface area contributed by atoms with E-state index in [-0.39, 0.29) is 12.8 Å². The number of carboxylic acid groups (broad SMARTS) is 3. The molecule has 0 aliphatic rings. The Labute approximate surface area is 228 Å². The van der Waals surface area contributed by atoms with E-state index in [1.54, 1.807) is 30.5 Å². The molecule has 1 aromatic carbocycles. The highest BCUT2D eigenvalue weighted by atomic mass is 16.4. The smallest absolute Gasteiger partial charge is 0.326 e. The van der Waals surface area contributed by atoms with Crippen LogP contribution >= 0.6 is 0 Å². The third-order valence-electron chi connectivity index (χ3n) is 6.06. The lowest BCUT2D eigenvalue weighted by molar-refractivity contribution is -0.143. The molecule has 0 aliphatic carbocycles. The van der Waals surface area contributed by atoms with Crippen molar-refractivity contribution in [3.8, 4) is 0 Å². The average molecular weight is 564 g/mol. The molecule has 10 N–H and O–H groups in total. The van der Waals surface area contributed by atoms with Crippen LogP contribution in [0.2, 0.25) is 0 Å². The summed E-state index contributed by atoms with van der Waals surface area (Å²) in [6.45, 7) is 1.17. The van der Waals surface area contributed by atoms with Crippen LogP contribution in [-0.4, -0.2) is 91.3 Å². The molecule has 0 aliphatic heterocycles. The minimum atomic E-state index is -1.66. The maximum Gasteiger partial charge on any atom is 0.326 e. The number of H-pyrrole nitrogens is 1. The van der Waals surface area contributed by atoms with E-state index in [9.17, 15) is 39.0 Å². The quantitative estimate of drug-likeness (QED) is 0.116. The van der Waals surface area contributed by atoms with E-state index in [0.717, 1.165) is 10.9 Å². The van der Waals surface area contributed by atoms with Gasteiger partial charge in [-0.3, -0.25) is 24.0 Å². The summed E-state index contributed by atoms with van der Waals surface area (Å²) in [4.78, 5) is 75.0. The molecule has 0 radical (unpaired) electrons. The summed E-state index contributed by atoms with van der Waals surface area (Å²) in [6.07, 6.45) is -1.66. The van der Waals surface area contributed by atoms with Gasteiger partial charge in [0.1, 0.15) is 18.1 Å². The summed E-state index contributed by atoms with van der Waals surface area (Å²) in [5.74, 6) is -6.83. The number of aliphatic hydroxyl groups is 1. The van der Waals surface area contributed by atoms with Crippen molar-refractivity contribution in [1.82, 2.24) is 20.9 Å². The highest BCUT2D eigenvalue weighted by molar-refractivity contribution is 5.95. The monoisotopic (exact) mass is 563 g/mol. The van der Waals surface area contributed by atoms with Gasteiger partial charge in [0.2, 0.25) is 17.7 Å². The van der Waals surface area contributed by atoms with Crippen LogP contribution in [0.15, 0.2) is 30.5 Å². The van der Waals surface area contributed by atoms with Gasteiger partial charge in [-0.2, -0.15) is 0 Å². The molecule has 0 fully saturated rings. The lowest BCUT2D eigenvalue weighted by Gasteiger charge is -2.26. The highest BCUT2D eigenvalue weighted by Gasteiger charge is 2.33. The second-order valence-electron chi connectivity index (χ2n) is 9.22. The number of aliphatic hydroxyl groups excluding tert-OH is 1. The molecule has 2 rings (SSSR count). The highest BCUT2D eigenvalue weighted by Crippen LogP contribution is 2.19. The third-order valence-corrected chi connectivity index (χ3v) is 6.06. The van der Waals surface area contributed by atoms with Crippen molar-refractivity contribution in [1.29, 1.82) is 0 Å². The van der Waals surface area contributed by atoms with Gasteiger partial charge in [0.05, 0.1) is 12.1 Å². The number of amides is 3. The standard InChI is InChI=1S/C25H33N5O10/c1-12(31)21(24(38)29-18(25(39)40)10-13-11-27-16-5-3-2-4-14(13)16)30-23(37)17(7-9-20(34)35)28-22(36)15(26)6-8-19(32)33/h2-5,11-12,15,17-18,21,27,31H,6-10,26H2,1H3,(H,28,36)(H,29,38)(H,30,37)(H,32,33)(H,34,35)(H,39,40). The van der Waals surface area contributed by atoms with Crippen molar-refractivity contribution in [2.45, 2.75) is 69.3 Å². The predicted molar refractivity (Wildman–Crippen MR) is 139 cm³/mol. The molecule has 0 spiro atoms. The fraction of sp³-hybridized carbons (Fsp3) is 0.440. The van der Waals surface area contributed by atoms with Crippen molar-refractivity contribution in [2.24, 2.45) is 5.73 Å². The zero-order chi connectivity index (χ0) is 30.0. The SMILES string of the molecule is CC(O)C(NC(=O)C(CCC(=O)O)NC(=O)C(N)CCC(=O)O)C(=O)NC(Cc1c[nH]c2ccccc12)C(=O)O. The summed E-state index contributed by atoms with van der Waals surface area (Å²) in [5, 5.41) is 45.2. The molecule has 5 atom stereocenters. The summed E-state index contributed by atoms with van der Waals surface area (Å²) in [6, 6.07) is 1.23. The number of aromatic nitrogens is 1. The number of aliphatic carboxylic acids is 3. The fourth-order valence-electron chi connectivity index (χ4n) is 3.87. The Morgan fingerprint density at radius 2 is 1.45 bits per heavy atom. The first-order chi connectivity index (χ1) is 18.8. The lowest BCUT2D eigenvalue weighted by atomic mass is 10.0. The van der Waals surface area contributed by atoms with Crippen molar-refractivity contribution in [3.05, 3.63) is 36.0 Å². The van der Waals surface area contributed by atoms with Crippen molar-refractivity contribution < 1.29 is 49.2 Å². The molecule has 218 valence electrons. The number of carbonyl (C=O) groups is 6. The molecular formula is C25H33N5O10. The molecule has 15 heteroatoms. The van der Waals surface area contributed by atoms with E-state index in [4.69, 9.17) is 15.9 Å². The van der Waals surface area contributed by atoms with E-state index in [1.807, 2.05) is 0 Å². The number of rotatable bonds is 16. The van der Waals surface area contributed by atoms with Crippen LogP contribution in [0.3, 0.4) is 0 Å². The number of nitrogens with two attached hydrogens (primary N) is 1. The first kappa shape index (κ1) is 31.7. The van der Waals surface area contributed by atoms with Gasteiger partial charge in [-0.1, -0.05) is 18.2 Å². The summed E-state index contributed by atoms with van der Waals surface area (Å²) >= 11 is 0. The van der Waals surface area contributed by atoms with Crippen LogP contribution < -0.4 is 21.7 Å². The second-order valence-corrected chi connectivity index (χ2v) is 9.22. The Balaban J connectivity index is 2.15. The number of hydrogen-bond donors (Lipinski definition) is 9. The normalized spacial score (nSPS) is 14.8. The maximum atomic E-state index is 13.0. The molecule has 0 saturated carbocycles. The van der Waals surface area contributed by atoms with Crippen LogP contribution in [0, 0.1) is 0 Å². The Kier molecular flexibility index (Phi) is 11.6. The number of hydrogen-bond acceptors (Lipinski definition) is 8. The first-order valence-electron chi connectivity index (χ1n) is 12.4. The van der Waals surface area contributed by atoms with Gasteiger partial charge in [0.15, 0.2) is 0 Å². The maximum absolute atomic E-state index is 13.0. The van der Waals surface area contributed by atoms with Crippen LogP contribution in [0.4, 0.5) is 0 Å². The Bertz CT molecular complexity index is 1240. The number of benzene rings is 1. The van der Waals surface area contributed by atoms with Crippen LogP contribution in [0.25, 0.3) is 10.9 Å². The Morgan fingerprint density at radius 1 is 0.850 bits per heavy atom. The largest absolute Gasteiger partial charge is 0.481 e. The molecule has 0 bridgehead atoms. The van der Waals surface area contributed by atoms with Crippen molar-refractivity contribution in [2.75, 3.05) is 0 Å². The minimum Gasteiger partial charge on any atom is -0.481 e. The molecule has 2 aromatic rings. The van der Waals surface area contributed by atoms with E-state index in [0.29, 0.717) is 5.56 Å². The van der Waals surface area contributed by atoms with Crippen LogP contribution in [-0.2, 0) is 35.2 Å². The number of carbonyl (C=O) groups excluding carboxylic acids is 3. The summed E-state index contributed by atoms with van der Waals surface area (Å²) in [7, 11) is 0. The number of nitrogens with one attached hydrogen (secondary N) is 4. The molecule has 5 unspecified atom stereocenters. The second kappa shape index (κ2) is 14.6. The zero-order valence-corrected chi connectivity index (χ0v) is 21.6. The van der Waals surface area contributed by atoms with Gasteiger partial charge in [-0.15, -0.1) is 0 Å². The summed E-state index contributed by atoms with van der Waals surface area (Å²) in [5.41, 5.74) is 7.03. The van der Waals surface area contributed by atoms with E-state index >= 15 is 0 Å². The van der Waals surface area contributed by atoms with E-state index in [2.05, 4.69) is 20.9 Å². The third kappa shape index (κ3) is 9.36. The van der Waals surface area contributed by atoms with Gasteiger partial charge in [-0.05, 0) is 31.4 Å².